The topological polar surface area (TPSA) is 66.8 Å². The number of likely N-dealkylation sites (N-methyl/N-ethyl adjacent to an activating group) is 1. The number of halogens is 6. The molecule has 0 saturated carbocycles. The van der Waals surface area contributed by atoms with Gasteiger partial charge in [-0.2, -0.15) is 26.3 Å². The Labute approximate surface area is 207 Å². The van der Waals surface area contributed by atoms with Crippen LogP contribution in [0.1, 0.15) is 77.3 Å². The van der Waals surface area contributed by atoms with Gasteiger partial charge in [0.1, 0.15) is 5.75 Å². The van der Waals surface area contributed by atoms with Gasteiger partial charge in [-0.1, -0.05) is 32.3 Å². The van der Waals surface area contributed by atoms with Crippen LogP contribution in [0.15, 0.2) is 18.2 Å². The highest BCUT2D eigenvalue weighted by Crippen LogP contribution is 2.50. The summed E-state index contributed by atoms with van der Waals surface area (Å²) in [5, 5.41) is 9.65. The Hall–Kier alpha value is -2.30. The lowest BCUT2D eigenvalue weighted by atomic mass is 9.90. The van der Waals surface area contributed by atoms with Gasteiger partial charge in [0.2, 0.25) is 5.91 Å². The number of carbonyl (C=O) groups excluding carboxylic acids is 2. The third-order valence-electron chi connectivity index (χ3n) is 6.43. The van der Waals surface area contributed by atoms with E-state index in [0.29, 0.717) is 44.2 Å². The number of aliphatic hydroxyl groups is 1. The third kappa shape index (κ3) is 7.36. The lowest BCUT2D eigenvalue weighted by molar-refractivity contribution is -0.376. The van der Waals surface area contributed by atoms with Crippen molar-refractivity contribution in [1.29, 1.82) is 0 Å². The van der Waals surface area contributed by atoms with E-state index >= 15 is 0 Å². The lowest BCUT2D eigenvalue weighted by Gasteiger charge is -2.33. The molecule has 0 heterocycles. The van der Waals surface area contributed by atoms with Crippen molar-refractivity contribution in [3.05, 3.63) is 29.3 Å². The van der Waals surface area contributed by atoms with E-state index in [9.17, 15) is 41.0 Å². The first kappa shape index (κ1) is 31.7. The molecule has 36 heavy (non-hydrogen) atoms. The number of hydrogen-bond acceptors (Lipinski definition) is 4. The molecule has 0 aliphatic rings. The first-order valence-corrected chi connectivity index (χ1v) is 11.8. The standard InChI is InChI=1S/C25H35F6NO4/c1-6-11-18-16-19(23(35,24(26,27)28)25(29,30)31)13-14-20(18)36-15-10-8-7-9-12-21(34)32(5)22(3,4)17(2)33/h13-14,16,35H,6-12,15H2,1-5H3. The molecule has 1 aromatic rings. The largest absolute Gasteiger partial charge is 0.493 e. The number of unbranched alkanes of at least 4 members (excludes halogenated alkanes) is 3. The van der Waals surface area contributed by atoms with Crippen LogP contribution >= 0.6 is 0 Å². The minimum Gasteiger partial charge on any atom is -0.493 e. The van der Waals surface area contributed by atoms with Crippen LogP contribution in [0.5, 0.6) is 5.75 Å². The number of ketones is 1. The maximum absolute atomic E-state index is 13.2. The number of aryl methyl sites for hydroxylation is 1. The predicted octanol–water partition coefficient (Wildman–Crippen LogP) is 6.11. The van der Waals surface area contributed by atoms with Gasteiger partial charge in [-0.3, -0.25) is 9.59 Å². The minimum atomic E-state index is -5.95. The number of rotatable bonds is 13. The van der Waals surface area contributed by atoms with Crippen LogP contribution in [-0.2, 0) is 21.6 Å². The molecule has 0 bridgehead atoms. The van der Waals surface area contributed by atoms with E-state index in [1.54, 1.807) is 27.8 Å². The van der Waals surface area contributed by atoms with Gasteiger partial charge in [0.15, 0.2) is 5.78 Å². The molecule has 5 nitrogen and oxygen atoms in total. The number of hydrogen-bond donors (Lipinski definition) is 1. The summed E-state index contributed by atoms with van der Waals surface area (Å²) in [6.07, 6.45) is -8.46. The zero-order valence-corrected chi connectivity index (χ0v) is 21.3. The number of alkyl halides is 6. The van der Waals surface area contributed by atoms with Crippen molar-refractivity contribution < 1.29 is 45.8 Å². The number of benzene rings is 1. The molecule has 0 atom stereocenters. The maximum atomic E-state index is 13.2. The Kier molecular flexibility index (Phi) is 10.8. The Morgan fingerprint density at radius 2 is 1.53 bits per heavy atom. The quantitative estimate of drug-likeness (QED) is 0.248. The number of nitrogens with zero attached hydrogens (tertiary/aromatic N) is 1. The van der Waals surface area contributed by atoms with Gasteiger partial charge in [-0.15, -0.1) is 0 Å². The van der Waals surface area contributed by atoms with Gasteiger partial charge in [-0.25, -0.2) is 0 Å². The monoisotopic (exact) mass is 527 g/mol. The Balaban J connectivity index is 2.70. The second-order valence-corrected chi connectivity index (χ2v) is 9.36. The molecule has 0 spiro atoms. The van der Waals surface area contributed by atoms with Crippen molar-refractivity contribution in [3.8, 4) is 5.75 Å². The number of ether oxygens (including phenoxy) is 1. The molecule has 1 N–H and O–H groups in total. The molecule has 1 rings (SSSR count). The number of Topliss-reactive ketones (excluding diaryl/α,β-unsaturated/α-hetero) is 1. The van der Waals surface area contributed by atoms with Gasteiger partial charge in [0.25, 0.3) is 5.60 Å². The van der Waals surface area contributed by atoms with Crippen molar-refractivity contribution in [2.75, 3.05) is 13.7 Å². The van der Waals surface area contributed by atoms with E-state index in [0.717, 1.165) is 6.07 Å². The van der Waals surface area contributed by atoms with Gasteiger partial charge < -0.3 is 14.7 Å². The van der Waals surface area contributed by atoms with E-state index in [1.165, 1.54) is 11.8 Å². The summed E-state index contributed by atoms with van der Waals surface area (Å²) in [5.74, 6) is -0.101. The van der Waals surface area contributed by atoms with Crippen LogP contribution in [-0.4, -0.2) is 53.2 Å². The van der Waals surface area contributed by atoms with Crippen LogP contribution in [0.25, 0.3) is 0 Å². The molecule has 0 radical (unpaired) electrons. The Bertz CT molecular complexity index is 882. The van der Waals surface area contributed by atoms with E-state index < -0.39 is 29.1 Å². The lowest BCUT2D eigenvalue weighted by Crippen LogP contribution is -2.53. The second-order valence-electron chi connectivity index (χ2n) is 9.36. The summed E-state index contributed by atoms with van der Waals surface area (Å²) in [4.78, 5) is 25.4. The normalized spacial score (nSPS) is 13.0. The number of amides is 1. The van der Waals surface area contributed by atoms with Crippen molar-refractivity contribution in [3.63, 3.8) is 0 Å². The summed E-state index contributed by atoms with van der Waals surface area (Å²) in [6, 6.07) is 2.30. The van der Waals surface area contributed by atoms with E-state index in [2.05, 4.69) is 0 Å². The SMILES string of the molecule is CCCc1cc(C(O)(C(F)(F)F)C(F)(F)F)ccc1OCCCCCCC(=O)N(C)C(C)(C)C(C)=O. The van der Waals surface area contributed by atoms with Crippen LogP contribution in [0, 0.1) is 0 Å². The second kappa shape index (κ2) is 12.3. The highest BCUT2D eigenvalue weighted by Gasteiger charge is 2.71. The smallest absolute Gasteiger partial charge is 0.430 e. The molecular formula is C25H35F6NO4. The van der Waals surface area contributed by atoms with Gasteiger partial charge in [0, 0.05) is 19.0 Å². The average molecular weight is 528 g/mol. The molecule has 1 amide bonds. The van der Waals surface area contributed by atoms with Gasteiger partial charge in [-0.05, 0) is 57.7 Å². The molecule has 0 aromatic heterocycles. The zero-order valence-electron chi connectivity index (χ0n) is 21.3. The van der Waals surface area contributed by atoms with Crippen molar-refractivity contribution in [2.45, 2.75) is 96.1 Å². The summed E-state index contributed by atoms with van der Waals surface area (Å²) in [6.45, 7) is 6.68. The summed E-state index contributed by atoms with van der Waals surface area (Å²) < 4.78 is 84.8. The Morgan fingerprint density at radius 1 is 0.972 bits per heavy atom. The fourth-order valence-corrected chi connectivity index (χ4v) is 3.53. The van der Waals surface area contributed by atoms with E-state index in [-0.39, 0.29) is 42.5 Å². The molecule has 11 heteroatoms. The summed E-state index contributed by atoms with van der Waals surface area (Å²) in [7, 11) is 1.58. The molecule has 0 fully saturated rings. The fraction of sp³-hybridized carbons (Fsp3) is 0.680. The van der Waals surface area contributed by atoms with Gasteiger partial charge in [0.05, 0.1) is 12.1 Å². The van der Waals surface area contributed by atoms with Gasteiger partial charge >= 0.3 is 12.4 Å². The third-order valence-corrected chi connectivity index (χ3v) is 6.43. The number of carbonyl (C=O) groups is 2. The summed E-state index contributed by atoms with van der Waals surface area (Å²) in [5.41, 5.74) is -7.02. The molecule has 0 aliphatic heterocycles. The average Bonchev–Trinajstić information content (AvgIpc) is 2.76. The predicted molar refractivity (Wildman–Crippen MR) is 123 cm³/mol. The van der Waals surface area contributed by atoms with Crippen LogP contribution < -0.4 is 4.74 Å². The van der Waals surface area contributed by atoms with Crippen molar-refractivity contribution >= 4 is 11.7 Å². The van der Waals surface area contributed by atoms with Crippen LogP contribution in [0.4, 0.5) is 26.3 Å². The van der Waals surface area contributed by atoms with Crippen molar-refractivity contribution in [2.24, 2.45) is 0 Å². The summed E-state index contributed by atoms with van der Waals surface area (Å²) >= 11 is 0. The van der Waals surface area contributed by atoms with Crippen LogP contribution in [0.3, 0.4) is 0 Å². The maximum Gasteiger partial charge on any atom is 0.430 e. The molecular weight excluding hydrogens is 492 g/mol. The molecule has 0 aliphatic carbocycles. The molecule has 1 aromatic carbocycles. The van der Waals surface area contributed by atoms with E-state index in [4.69, 9.17) is 4.74 Å². The molecule has 206 valence electrons. The zero-order chi connectivity index (χ0) is 27.9. The molecule has 0 unspecified atom stereocenters. The molecule has 0 saturated heterocycles. The highest BCUT2D eigenvalue weighted by molar-refractivity contribution is 5.90. The first-order valence-electron chi connectivity index (χ1n) is 11.8. The highest BCUT2D eigenvalue weighted by atomic mass is 19.4. The Morgan fingerprint density at radius 3 is 2.03 bits per heavy atom. The van der Waals surface area contributed by atoms with Crippen molar-refractivity contribution in [1.82, 2.24) is 4.90 Å². The van der Waals surface area contributed by atoms with Crippen LogP contribution in [0.2, 0.25) is 0 Å². The minimum absolute atomic E-state index is 0.118. The van der Waals surface area contributed by atoms with E-state index in [1.807, 2.05) is 0 Å². The first-order chi connectivity index (χ1) is 16.4. The fourth-order valence-electron chi connectivity index (χ4n) is 3.53.